The fourth-order valence-corrected chi connectivity index (χ4v) is 2.39. The average molecular weight is 236 g/mol. The Morgan fingerprint density at radius 1 is 1.53 bits per heavy atom. The minimum absolute atomic E-state index is 0.0433. The Morgan fingerprint density at radius 2 is 2.18 bits per heavy atom. The SMILES string of the molecule is Cc1nn(C)c(C)c1C(=O)NC1(CN)CCC1. The van der Waals surface area contributed by atoms with Crippen molar-refractivity contribution in [3.63, 3.8) is 0 Å². The summed E-state index contributed by atoms with van der Waals surface area (Å²) in [5, 5.41) is 7.33. The molecule has 5 heteroatoms. The van der Waals surface area contributed by atoms with Gasteiger partial charge in [0.05, 0.1) is 16.8 Å². The summed E-state index contributed by atoms with van der Waals surface area (Å²) in [4.78, 5) is 12.2. The van der Waals surface area contributed by atoms with E-state index in [2.05, 4.69) is 10.4 Å². The second kappa shape index (κ2) is 4.14. The van der Waals surface area contributed by atoms with Gasteiger partial charge in [0.25, 0.3) is 5.91 Å². The largest absolute Gasteiger partial charge is 0.345 e. The molecule has 94 valence electrons. The van der Waals surface area contributed by atoms with Gasteiger partial charge in [0.2, 0.25) is 0 Å². The summed E-state index contributed by atoms with van der Waals surface area (Å²) in [6.07, 6.45) is 3.10. The van der Waals surface area contributed by atoms with E-state index >= 15 is 0 Å². The molecule has 0 radical (unpaired) electrons. The van der Waals surface area contributed by atoms with Crippen LogP contribution in [0.5, 0.6) is 0 Å². The summed E-state index contributed by atoms with van der Waals surface area (Å²) in [6.45, 7) is 4.28. The van der Waals surface area contributed by atoms with Gasteiger partial charge in [-0.15, -0.1) is 0 Å². The van der Waals surface area contributed by atoms with Gasteiger partial charge in [-0.3, -0.25) is 9.48 Å². The van der Waals surface area contributed by atoms with Gasteiger partial charge in [0.1, 0.15) is 0 Å². The molecule has 1 aliphatic carbocycles. The van der Waals surface area contributed by atoms with Crippen LogP contribution < -0.4 is 11.1 Å². The highest BCUT2D eigenvalue weighted by Crippen LogP contribution is 2.31. The molecule has 0 aromatic carbocycles. The first kappa shape index (κ1) is 12.1. The molecule has 1 aromatic rings. The van der Waals surface area contributed by atoms with E-state index in [4.69, 9.17) is 5.73 Å². The van der Waals surface area contributed by atoms with E-state index in [1.165, 1.54) is 0 Å². The van der Waals surface area contributed by atoms with Crippen molar-refractivity contribution in [1.29, 1.82) is 0 Å². The predicted octanol–water partition coefficient (Wildman–Crippen LogP) is 0.648. The molecule has 0 saturated heterocycles. The van der Waals surface area contributed by atoms with E-state index in [9.17, 15) is 4.79 Å². The molecule has 5 nitrogen and oxygen atoms in total. The Bertz CT molecular complexity index is 440. The van der Waals surface area contributed by atoms with Gasteiger partial charge in [-0.05, 0) is 33.1 Å². The predicted molar refractivity (Wildman–Crippen MR) is 65.8 cm³/mol. The van der Waals surface area contributed by atoms with Gasteiger partial charge >= 0.3 is 0 Å². The van der Waals surface area contributed by atoms with Crippen molar-refractivity contribution in [3.05, 3.63) is 17.0 Å². The van der Waals surface area contributed by atoms with E-state index in [0.29, 0.717) is 12.1 Å². The van der Waals surface area contributed by atoms with Crippen molar-refractivity contribution >= 4 is 5.91 Å². The number of nitrogens with zero attached hydrogens (tertiary/aromatic N) is 2. The number of nitrogens with one attached hydrogen (secondary N) is 1. The molecule has 0 unspecified atom stereocenters. The van der Waals surface area contributed by atoms with E-state index in [-0.39, 0.29) is 11.4 Å². The molecule has 1 aromatic heterocycles. The molecule has 2 rings (SSSR count). The standard InChI is InChI=1S/C12H20N4O/c1-8-10(9(2)16(3)15-8)11(17)14-12(7-13)5-4-6-12/h4-7,13H2,1-3H3,(H,14,17). The Kier molecular flexibility index (Phi) is 2.95. The molecule has 1 amide bonds. The molecule has 17 heavy (non-hydrogen) atoms. The second-order valence-corrected chi connectivity index (χ2v) is 4.96. The zero-order chi connectivity index (χ0) is 12.6. The summed E-state index contributed by atoms with van der Waals surface area (Å²) in [6, 6.07) is 0. The zero-order valence-electron chi connectivity index (χ0n) is 10.7. The lowest BCUT2D eigenvalue weighted by atomic mass is 9.76. The number of rotatable bonds is 3. The lowest BCUT2D eigenvalue weighted by molar-refractivity contribution is 0.0836. The number of hydrogen-bond acceptors (Lipinski definition) is 3. The second-order valence-electron chi connectivity index (χ2n) is 4.96. The first-order valence-corrected chi connectivity index (χ1v) is 6.02. The Hall–Kier alpha value is -1.36. The van der Waals surface area contributed by atoms with Crippen LogP contribution in [-0.4, -0.2) is 27.8 Å². The highest BCUT2D eigenvalue weighted by atomic mass is 16.1. The summed E-state index contributed by atoms with van der Waals surface area (Å²) >= 11 is 0. The maximum Gasteiger partial charge on any atom is 0.255 e. The maximum atomic E-state index is 12.2. The number of hydrogen-bond donors (Lipinski definition) is 2. The Labute approximate surface area is 101 Å². The number of aromatic nitrogens is 2. The van der Waals surface area contributed by atoms with E-state index in [0.717, 1.165) is 30.7 Å². The van der Waals surface area contributed by atoms with Crippen molar-refractivity contribution in [2.75, 3.05) is 6.54 Å². The van der Waals surface area contributed by atoms with Crippen LogP contribution in [0.15, 0.2) is 0 Å². The minimum Gasteiger partial charge on any atom is -0.345 e. The number of carbonyl (C=O) groups is 1. The fourth-order valence-electron chi connectivity index (χ4n) is 2.39. The highest BCUT2D eigenvalue weighted by Gasteiger charge is 2.37. The monoisotopic (exact) mass is 236 g/mol. The molecule has 1 saturated carbocycles. The lowest BCUT2D eigenvalue weighted by Gasteiger charge is -2.41. The summed E-state index contributed by atoms with van der Waals surface area (Å²) < 4.78 is 1.74. The average Bonchev–Trinajstić information content (AvgIpc) is 2.47. The lowest BCUT2D eigenvalue weighted by Crippen LogP contribution is -2.58. The molecular formula is C12H20N4O. The summed E-state index contributed by atoms with van der Waals surface area (Å²) in [7, 11) is 1.85. The number of nitrogens with two attached hydrogens (primary N) is 1. The topological polar surface area (TPSA) is 72.9 Å². The third-order valence-electron chi connectivity index (χ3n) is 3.82. The van der Waals surface area contributed by atoms with Gasteiger partial charge in [-0.25, -0.2) is 0 Å². The normalized spacial score (nSPS) is 17.6. The summed E-state index contributed by atoms with van der Waals surface area (Å²) in [5.41, 5.74) is 7.92. The summed E-state index contributed by atoms with van der Waals surface area (Å²) in [5.74, 6) is -0.0433. The van der Waals surface area contributed by atoms with Gasteiger partial charge in [0.15, 0.2) is 0 Å². The van der Waals surface area contributed by atoms with Crippen molar-refractivity contribution in [2.24, 2.45) is 12.8 Å². The zero-order valence-corrected chi connectivity index (χ0v) is 10.7. The van der Waals surface area contributed by atoms with Crippen LogP contribution in [0.3, 0.4) is 0 Å². The van der Waals surface area contributed by atoms with Crippen LogP contribution in [0.4, 0.5) is 0 Å². The highest BCUT2D eigenvalue weighted by molar-refractivity contribution is 5.97. The first-order chi connectivity index (χ1) is 7.99. The van der Waals surface area contributed by atoms with Gasteiger partial charge in [-0.2, -0.15) is 5.10 Å². The molecule has 3 N–H and O–H groups in total. The maximum absolute atomic E-state index is 12.2. The van der Waals surface area contributed by atoms with Gasteiger partial charge < -0.3 is 11.1 Å². The Balaban J connectivity index is 2.20. The quantitative estimate of drug-likeness (QED) is 0.809. The van der Waals surface area contributed by atoms with Crippen molar-refractivity contribution in [3.8, 4) is 0 Å². The van der Waals surface area contributed by atoms with Crippen LogP contribution in [0.25, 0.3) is 0 Å². The number of amides is 1. The fraction of sp³-hybridized carbons (Fsp3) is 0.667. The van der Waals surface area contributed by atoms with Crippen LogP contribution in [0.2, 0.25) is 0 Å². The number of aryl methyl sites for hydroxylation is 2. The molecule has 1 aliphatic rings. The third kappa shape index (κ3) is 1.95. The van der Waals surface area contributed by atoms with E-state index in [1.807, 2.05) is 20.9 Å². The third-order valence-corrected chi connectivity index (χ3v) is 3.82. The molecule has 1 heterocycles. The van der Waals surface area contributed by atoms with Crippen LogP contribution >= 0.6 is 0 Å². The molecule has 0 aliphatic heterocycles. The molecule has 0 spiro atoms. The smallest absolute Gasteiger partial charge is 0.255 e. The van der Waals surface area contributed by atoms with Gasteiger partial charge in [0, 0.05) is 19.3 Å². The van der Waals surface area contributed by atoms with Crippen molar-refractivity contribution in [1.82, 2.24) is 15.1 Å². The van der Waals surface area contributed by atoms with Crippen molar-refractivity contribution < 1.29 is 4.79 Å². The van der Waals surface area contributed by atoms with E-state index < -0.39 is 0 Å². The van der Waals surface area contributed by atoms with E-state index in [1.54, 1.807) is 4.68 Å². The van der Waals surface area contributed by atoms with Gasteiger partial charge in [-0.1, -0.05) is 0 Å². The van der Waals surface area contributed by atoms with Crippen molar-refractivity contribution in [2.45, 2.75) is 38.6 Å². The molecule has 1 fully saturated rings. The number of carbonyl (C=O) groups excluding carboxylic acids is 1. The molecule has 0 bridgehead atoms. The molecule has 0 atom stereocenters. The first-order valence-electron chi connectivity index (χ1n) is 6.02. The molecular weight excluding hydrogens is 216 g/mol. The van der Waals surface area contributed by atoms with Crippen LogP contribution in [0, 0.1) is 13.8 Å². The van der Waals surface area contributed by atoms with Crippen LogP contribution in [0.1, 0.15) is 41.0 Å². The minimum atomic E-state index is -0.175. The Morgan fingerprint density at radius 3 is 2.53 bits per heavy atom. The van der Waals surface area contributed by atoms with Crippen LogP contribution in [-0.2, 0) is 7.05 Å².